The van der Waals surface area contributed by atoms with E-state index in [9.17, 15) is 9.18 Å². The summed E-state index contributed by atoms with van der Waals surface area (Å²) in [4.78, 5) is 13.8. The molecule has 1 aromatic heterocycles. The molecule has 0 atom stereocenters. The second-order valence-electron chi connectivity index (χ2n) is 7.03. The number of nitrogens with zero attached hydrogens (tertiary/aromatic N) is 3. The van der Waals surface area contributed by atoms with Crippen LogP contribution < -0.4 is 10.1 Å². The Morgan fingerprint density at radius 1 is 0.969 bits per heavy atom. The molecule has 164 valence electrons. The van der Waals surface area contributed by atoms with E-state index in [0.717, 1.165) is 0 Å². The first-order chi connectivity index (χ1) is 15.2. The zero-order valence-corrected chi connectivity index (χ0v) is 19.2. The Balaban J connectivity index is 1.48. The Hall–Kier alpha value is -2.87. The quantitative estimate of drug-likeness (QED) is 0.362. The molecule has 0 bridgehead atoms. The fourth-order valence-corrected chi connectivity index (χ4v) is 3.88. The third-order valence-corrected chi connectivity index (χ3v) is 6.26. The monoisotopic (exact) mass is 492 g/mol. The van der Waals surface area contributed by atoms with Crippen molar-refractivity contribution in [1.29, 1.82) is 0 Å². The van der Waals surface area contributed by atoms with Crippen LogP contribution in [0, 0.1) is 19.7 Å². The molecule has 10 heteroatoms. The molecule has 0 aliphatic rings. The van der Waals surface area contributed by atoms with E-state index in [1.807, 2.05) is 0 Å². The third-order valence-electron chi connectivity index (χ3n) is 4.78. The minimum Gasteiger partial charge on any atom is -0.481 e. The first-order valence-corrected chi connectivity index (χ1v) is 10.6. The highest BCUT2D eigenvalue weighted by Gasteiger charge is 2.19. The molecule has 4 aromatic rings. The molecule has 0 saturated heterocycles. The second-order valence-corrected chi connectivity index (χ2v) is 8.16. The number of amides is 1. The minimum atomic E-state index is -0.410. The van der Waals surface area contributed by atoms with Gasteiger partial charge in [0.1, 0.15) is 16.9 Å². The fraction of sp³-hybridized carbons (Fsp3) is 0.136. The van der Waals surface area contributed by atoms with E-state index < -0.39 is 5.91 Å². The molecule has 1 heterocycles. The van der Waals surface area contributed by atoms with Crippen molar-refractivity contribution in [2.75, 3.05) is 11.9 Å². The summed E-state index contributed by atoms with van der Waals surface area (Å²) < 4.78 is 18.7. The van der Waals surface area contributed by atoms with Gasteiger partial charge in [0.15, 0.2) is 12.4 Å². The topological polar surface area (TPSA) is 69.0 Å². The zero-order chi connectivity index (χ0) is 23.0. The summed E-state index contributed by atoms with van der Waals surface area (Å²) in [6.07, 6.45) is 0. The molecule has 0 unspecified atom stereocenters. The number of ether oxygens (including phenoxy) is 1. The average Bonchev–Trinajstić information content (AvgIpc) is 3.20. The number of anilines is 1. The van der Waals surface area contributed by atoms with Crippen LogP contribution in [0.5, 0.6) is 5.75 Å². The number of fused-ring (bicyclic) bond motifs is 1. The maximum absolute atomic E-state index is 13.1. The standard InChI is InChI=1S/C22H16Cl3FN4O2/c1-11-19(23)12(2)21(25)22(20(11)24)32-10-18(31)27-14-5-8-16-17(9-14)29-30(28-16)15-6-3-13(26)4-7-15/h3-9H,10H2,1-2H3,(H,27,31). The number of nitrogens with one attached hydrogen (secondary N) is 1. The third kappa shape index (κ3) is 4.37. The van der Waals surface area contributed by atoms with Gasteiger partial charge in [-0.1, -0.05) is 34.8 Å². The molecule has 1 N–H and O–H groups in total. The van der Waals surface area contributed by atoms with Crippen LogP contribution in [0.2, 0.25) is 15.1 Å². The average molecular weight is 494 g/mol. The van der Waals surface area contributed by atoms with E-state index in [4.69, 9.17) is 39.5 Å². The van der Waals surface area contributed by atoms with Crippen LogP contribution in [0.25, 0.3) is 16.7 Å². The molecule has 3 aromatic carbocycles. The summed E-state index contributed by atoms with van der Waals surface area (Å²) in [5.41, 5.74) is 3.56. The molecule has 32 heavy (non-hydrogen) atoms. The number of rotatable bonds is 5. The number of carbonyl (C=O) groups is 1. The van der Waals surface area contributed by atoms with Gasteiger partial charge in [0.05, 0.1) is 15.7 Å². The van der Waals surface area contributed by atoms with Crippen LogP contribution >= 0.6 is 34.8 Å². The van der Waals surface area contributed by atoms with Crippen molar-refractivity contribution in [3.05, 3.63) is 74.5 Å². The lowest BCUT2D eigenvalue weighted by molar-refractivity contribution is -0.118. The number of hydrogen-bond donors (Lipinski definition) is 1. The molecular formula is C22H16Cl3FN4O2. The molecule has 0 aliphatic heterocycles. The van der Waals surface area contributed by atoms with Gasteiger partial charge in [0.25, 0.3) is 5.91 Å². The SMILES string of the molecule is Cc1c(Cl)c(C)c(Cl)c(OCC(=O)Nc2ccc3nn(-c4ccc(F)cc4)nc3c2)c1Cl. The van der Waals surface area contributed by atoms with E-state index in [1.165, 1.54) is 16.9 Å². The van der Waals surface area contributed by atoms with Gasteiger partial charge in [-0.05, 0) is 67.4 Å². The Morgan fingerprint density at radius 2 is 1.59 bits per heavy atom. The molecule has 0 saturated carbocycles. The summed E-state index contributed by atoms with van der Waals surface area (Å²) in [6.45, 7) is 3.19. The lowest BCUT2D eigenvalue weighted by atomic mass is 10.1. The minimum absolute atomic E-state index is 0.209. The van der Waals surface area contributed by atoms with Gasteiger partial charge < -0.3 is 10.1 Å². The highest BCUT2D eigenvalue weighted by Crippen LogP contribution is 2.42. The largest absolute Gasteiger partial charge is 0.481 e. The van der Waals surface area contributed by atoms with Gasteiger partial charge in [-0.15, -0.1) is 10.2 Å². The predicted molar refractivity (Wildman–Crippen MR) is 124 cm³/mol. The predicted octanol–water partition coefficient (Wildman–Crippen LogP) is 6.15. The lowest BCUT2D eigenvalue weighted by Gasteiger charge is -2.15. The summed E-state index contributed by atoms with van der Waals surface area (Å²) in [5.74, 6) is -0.544. The normalized spacial score (nSPS) is 11.1. The van der Waals surface area contributed by atoms with Crippen LogP contribution in [0.15, 0.2) is 42.5 Å². The van der Waals surface area contributed by atoms with Crippen LogP contribution in [0.4, 0.5) is 10.1 Å². The first kappa shape index (κ1) is 22.3. The van der Waals surface area contributed by atoms with Gasteiger partial charge in [-0.3, -0.25) is 4.79 Å². The number of halogens is 4. The molecule has 0 radical (unpaired) electrons. The van der Waals surface area contributed by atoms with Crippen LogP contribution in [0.1, 0.15) is 11.1 Å². The van der Waals surface area contributed by atoms with Gasteiger partial charge in [-0.25, -0.2) is 4.39 Å². The maximum atomic E-state index is 13.1. The molecule has 0 aliphatic carbocycles. The molecule has 6 nitrogen and oxygen atoms in total. The van der Waals surface area contributed by atoms with Gasteiger partial charge in [0, 0.05) is 10.7 Å². The maximum Gasteiger partial charge on any atom is 0.262 e. The fourth-order valence-electron chi connectivity index (χ4n) is 3.05. The Labute approximate surface area is 197 Å². The number of benzene rings is 3. The molecule has 4 rings (SSSR count). The molecule has 1 amide bonds. The zero-order valence-electron chi connectivity index (χ0n) is 16.9. The first-order valence-electron chi connectivity index (χ1n) is 9.44. The Bertz CT molecular complexity index is 1310. The Kier molecular flexibility index (Phi) is 6.24. The van der Waals surface area contributed by atoms with Gasteiger partial charge >= 0.3 is 0 Å². The van der Waals surface area contributed by atoms with Gasteiger partial charge in [0.2, 0.25) is 0 Å². The van der Waals surface area contributed by atoms with Crippen LogP contribution in [-0.4, -0.2) is 27.5 Å². The van der Waals surface area contributed by atoms with E-state index in [0.29, 0.717) is 38.6 Å². The Morgan fingerprint density at radius 3 is 2.25 bits per heavy atom. The van der Waals surface area contributed by atoms with E-state index in [2.05, 4.69) is 15.5 Å². The highest BCUT2D eigenvalue weighted by molar-refractivity contribution is 6.42. The number of aromatic nitrogens is 3. The molecular weight excluding hydrogens is 478 g/mol. The summed E-state index contributed by atoms with van der Waals surface area (Å²) in [5, 5.41) is 12.5. The van der Waals surface area contributed by atoms with Crippen LogP contribution in [0.3, 0.4) is 0 Å². The van der Waals surface area contributed by atoms with Crippen molar-refractivity contribution in [1.82, 2.24) is 15.0 Å². The summed E-state index contributed by atoms with van der Waals surface area (Å²) in [6, 6.07) is 10.9. The van der Waals surface area contributed by atoms with Gasteiger partial charge in [-0.2, -0.15) is 4.80 Å². The van der Waals surface area contributed by atoms with Crippen LogP contribution in [-0.2, 0) is 4.79 Å². The van der Waals surface area contributed by atoms with Crippen molar-refractivity contribution in [2.24, 2.45) is 0 Å². The van der Waals surface area contributed by atoms with Crippen molar-refractivity contribution in [3.63, 3.8) is 0 Å². The summed E-state index contributed by atoms with van der Waals surface area (Å²) in [7, 11) is 0. The second kappa shape index (κ2) is 8.94. The number of carbonyl (C=O) groups excluding carboxylic acids is 1. The lowest BCUT2D eigenvalue weighted by Crippen LogP contribution is -2.20. The van der Waals surface area contributed by atoms with E-state index in [1.54, 1.807) is 44.2 Å². The van der Waals surface area contributed by atoms with Crippen molar-refractivity contribution in [3.8, 4) is 11.4 Å². The van der Waals surface area contributed by atoms with E-state index >= 15 is 0 Å². The van der Waals surface area contributed by atoms with Crippen molar-refractivity contribution >= 4 is 57.4 Å². The van der Waals surface area contributed by atoms with Crippen molar-refractivity contribution < 1.29 is 13.9 Å². The smallest absolute Gasteiger partial charge is 0.262 e. The molecule has 0 fully saturated rings. The van der Waals surface area contributed by atoms with Crippen molar-refractivity contribution in [2.45, 2.75) is 13.8 Å². The number of hydrogen-bond acceptors (Lipinski definition) is 4. The highest BCUT2D eigenvalue weighted by atomic mass is 35.5. The summed E-state index contributed by atoms with van der Waals surface area (Å²) >= 11 is 18.8. The van der Waals surface area contributed by atoms with E-state index in [-0.39, 0.29) is 28.2 Å². The molecule has 0 spiro atoms.